The summed E-state index contributed by atoms with van der Waals surface area (Å²) < 4.78 is 21.1. The monoisotopic (exact) mass is 419 g/mol. The number of carbonyl (C=O) groups is 3. The van der Waals surface area contributed by atoms with Crippen molar-refractivity contribution in [1.29, 1.82) is 0 Å². The molecule has 9 heteroatoms. The second kappa shape index (κ2) is 7.08. The van der Waals surface area contributed by atoms with Gasteiger partial charge in [0.25, 0.3) is 0 Å². The summed E-state index contributed by atoms with van der Waals surface area (Å²) in [6, 6.07) is -1.27. The van der Waals surface area contributed by atoms with Crippen molar-refractivity contribution in [3.05, 3.63) is 23.0 Å². The zero-order chi connectivity index (χ0) is 21.2. The van der Waals surface area contributed by atoms with E-state index in [1.165, 1.54) is 12.0 Å². The third-order valence-corrected chi connectivity index (χ3v) is 7.08. The van der Waals surface area contributed by atoms with E-state index >= 15 is 4.39 Å². The maximum atomic E-state index is 15.4. The number of ether oxygens (including phenoxy) is 1. The van der Waals surface area contributed by atoms with E-state index in [-0.39, 0.29) is 30.0 Å². The van der Waals surface area contributed by atoms with Crippen LogP contribution in [-0.4, -0.2) is 77.3 Å². The van der Waals surface area contributed by atoms with Crippen LogP contribution in [0.25, 0.3) is 0 Å². The number of carbonyl (C=O) groups excluding carboxylic acids is 2. The lowest BCUT2D eigenvalue weighted by atomic mass is 9.80. The van der Waals surface area contributed by atoms with Gasteiger partial charge in [-0.05, 0) is 38.1 Å². The molecule has 3 aliphatic heterocycles. The number of ketones is 2. The number of allylic oxidation sites excluding steroid dienone is 2. The van der Waals surface area contributed by atoms with Crippen LogP contribution < -0.4 is 5.32 Å². The van der Waals surface area contributed by atoms with Gasteiger partial charge in [0.15, 0.2) is 23.4 Å². The quantitative estimate of drug-likeness (QED) is 0.646. The first kappa shape index (κ1) is 19.5. The van der Waals surface area contributed by atoms with Crippen molar-refractivity contribution < 1.29 is 28.6 Å². The Morgan fingerprint density at radius 1 is 1.23 bits per heavy atom. The van der Waals surface area contributed by atoms with Gasteiger partial charge in [-0.15, -0.1) is 0 Å². The number of piperidine rings is 2. The maximum Gasteiger partial charge on any atom is 0.334 e. The average molecular weight is 419 g/mol. The van der Waals surface area contributed by atoms with Crippen LogP contribution in [0.3, 0.4) is 0 Å². The average Bonchev–Trinajstić information content (AvgIpc) is 3.47. The number of likely N-dealkylation sites (tertiary alicyclic amines) is 2. The normalized spacial score (nSPS) is 34.3. The molecular weight excluding hydrogens is 393 g/mol. The van der Waals surface area contributed by atoms with Gasteiger partial charge in [0.2, 0.25) is 5.78 Å². The van der Waals surface area contributed by atoms with E-state index in [9.17, 15) is 19.5 Å². The van der Waals surface area contributed by atoms with Crippen LogP contribution >= 0.6 is 0 Å². The second-order valence-electron chi connectivity index (χ2n) is 8.92. The molecule has 162 valence electrons. The number of Topliss-reactive ketones (excluding diaryl/α,β-unsaturated/α-hetero) is 2. The highest BCUT2D eigenvalue weighted by atomic mass is 19.1. The number of nitrogens with one attached hydrogen (secondary N) is 1. The van der Waals surface area contributed by atoms with E-state index in [2.05, 4.69) is 5.32 Å². The number of carboxylic acids is 1. The van der Waals surface area contributed by atoms with Crippen LogP contribution in [0, 0.1) is 11.8 Å². The number of methoxy groups -OCH3 is 1. The number of aliphatic carboxylic acids is 1. The van der Waals surface area contributed by atoms with Crippen molar-refractivity contribution >= 4 is 17.5 Å². The van der Waals surface area contributed by atoms with Crippen LogP contribution in [0.15, 0.2) is 23.0 Å². The Morgan fingerprint density at radius 3 is 2.63 bits per heavy atom. The topological polar surface area (TPSA) is 99.2 Å². The number of nitrogens with zero attached hydrogens (tertiary/aromatic N) is 2. The number of hydrogen-bond donors (Lipinski definition) is 2. The third-order valence-electron chi connectivity index (χ3n) is 7.08. The molecular formula is C21H26FN3O5. The number of fused-ring (bicyclic) bond motifs is 2. The predicted molar refractivity (Wildman–Crippen MR) is 103 cm³/mol. The summed E-state index contributed by atoms with van der Waals surface area (Å²) in [7, 11) is 1.42. The summed E-state index contributed by atoms with van der Waals surface area (Å²) in [5.41, 5.74) is 0.491. The molecule has 4 atom stereocenters. The molecule has 8 nitrogen and oxygen atoms in total. The second-order valence-corrected chi connectivity index (χ2v) is 8.92. The van der Waals surface area contributed by atoms with Crippen molar-refractivity contribution in [2.45, 2.75) is 50.2 Å². The Kier molecular flexibility index (Phi) is 4.61. The van der Waals surface area contributed by atoms with Gasteiger partial charge in [0, 0.05) is 31.6 Å². The zero-order valence-corrected chi connectivity index (χ0v) is 16.9. The molecule has 30 heavy (non-hydrogen) atoms. The summed E-state index contributed by atoms with van der Waals surface area (Å²) in [5.74, 6) is -3.86. The van der Waals surface area contributed by atoms with Crippen LogP contribution in [0.5, 0.6) is 0 Å². The van der Waals surface area contributed by atoms with Gasteiger partial charge < -0.3 is 25.0 Å². The lowest BCUT2D eigenvalue weighted by Crippen LogP contribution is -2.56. The van der Waals surface area contributed by atoms with E-state index in [1.54, 1.807) is 0 Å². The summed E-state index contributed by atoms with van der Waals surface area (Å²) in [6.45, 7) is 2.10. The Bertz CT molecular complexity index is 866. The van der Waals surface area contributed by atoms with Gasteiger partial charge in [0.1, 0.15) is 5.70 Å². The minimum Gasteiger partial charge on any atom is -0.493 e. The van der Waals surface area contributed by atoms with Crippen LogP contribution in [-0.2, 0) is 19.1 Å². The molecule has 0 amide bonds. The maximum absolute atomic E-state index is 15.4. The third kappa shape index (κ3) is 2.85. The van der Waals surface area contributed by atoms with Gasteiger partial charge in [-0.2, -0.15) is 0 Å². The Hall–Kier alpha value is -2.42. The van der Waals surface area contributed by atoms with E-state index < -0.39 is 35.3 Å². The Labute approximate surface area is 173 Å². The number of hydrogen-bond acceptors (Lipinski definition) is 7. The first-order chi connectivity index (χ1) is 14.4. The highest BCUT2D eigenvalue weighted by molar-refractivity contribution is 6.09. The van der Waals surface area contributed by atoms with Crippen molar-refractivity contribution in [2.75, 3.05) is 26.7 Å². The molecule has 4 fully saturated rings. The van der Waals surface area contributed by atoms with Gasteiger partial charge in [-0.25, -0.2) is 9.18 Å². The summed E-state index contributed by atoms with van der Waals surface area (Å²) in [5, 5.41) is 13.2. The standard InChI is InChI=1S/C21H26FN3O5/c1-30-20-16-12(7-14(26)17(21(28)29)25(16)11-4-5-11)19(27)15(22)18(20)24-8-10-3-2-6-23-13(10)9-24/h10-13,17,23H,2-9H2,1H3,(H,28,29)/t10-,12?,13+,17?/m0/s1. The smallest absolute Gasteiger partial charge is 0.334 e. The molecule has 0 bridgehead atoms. The molecule has 5 rings (SSSR count). The first-order valence-electron chi connectivity index (χ1n) is 10.7. The van der Waals surface area contributed by atoms with E-state index in [0.29, 0.717) is 24.7 Å². The van der Waals surface area contributed by atoms with Crippen LogP contribution in [0.1, 0.15) is 32.1 Å². The minimum atomic E-state index is -1.35. The molecule has 0 radical (unpaired) electrons. The molecule has 2 N–H and O–H groups in total. The lowest BCUT2D eigenvalue weighted by Gasteiger charge is -2.43. The summed E-state index contributed by atoms with van der Waals surface area (Å²) in [6.07, 6.45) is 3.26. The van der Waals surface area contributed by atoms with Gasteiger partial charge in [0.05, 0.1) is 18.7 Å². The Balaban J connectivity index is 1.60. The van der Waals surface area contributed by atoms with Crippen molar-refractivity contribution in [1.82, 2.24) is 15.1 Å². The minimum absolute atomic E-state index is 0.120. The fourth-order valence-electron chi connectivity index (χ4n) is 5.60. The number of rotatable bonds is 4. The zero-order valence-electron chi connectivity index (χ0n) is 16.9. The molecule has 5 aliphatic rings. The molecule has 3 heterocycles. The van der Waals surface area contributed by atoms with Crippen LogP contribution in [0.4, 0.5) is 4.39 Å². The highest BCUT2D eigenvalue weighted by Crippen LogP contribution is 2.47. The molecule has 0 aromatic carbocycles. The Morgan fingerprint density at radius 2 is 2.00 bits per heavy atom. The largest absolute Gasteiger partial charge is 0.493 e. The number of halogens is 1. The van der Waals surface area contributed by atoms with Crippen molar-refractivity contribution in [3.8, 4) is 0 Å². The lowest BCUT2D eigenvalue weighted by molar-refractivity contribution is -0.151. The summed E-state index contributed by atoms with van der Waals surface area (Å²) in [4.78, 5) is 40.9. The van der Waals surface area contributed by atoms with E-state index in [4.69, 9.17) is 4.74 Å². The van der Waals surface area contributed by atoms with Gasteiger partial charge >= 0.3 is 5.97 Å². The SMILES string of the molecule is COC1=C2C(CC(=O)C(C(=O)O)N2C2CC2)C(=O)C(F)=C1N1C[C@@H]2CCCN[C@@H]2C1. The van der Waals surface area contributed by atoms with Crippen molar-refractivity contribution in [2.24, 2.45) is 11.8 Å². The molecule has 0 aromatic heterocycles. The fourth-order valence-corrected chi connectivity index (χ4v) is 5.60. The van der Waals surface area contributed by atoms with Gasteiger partial charge in [-0.1, -0.05) is 0 Å². The van der Waals surface area contributed by atoms with E-state index in [1.807, 2.05) is 4.90 Å². The van der Waals surface area contributed by atoms with Gasteiger partial charge in [-0.3, -0.25) is 9.59 Å². The molecule has 2 aliphatic carbocycles. The molecule has 0 spiro atoms. The summed E-state index contributed by atoms with van der Waals surface area (Å²) >= 11 is 0. The van der Waals surface area contributed by atoms with E-state index in [0.717, 1.165) is 32.2 Å². The molecule has 0 aromatic rings. The molecule has 3 saturated heterocycles. The number of carboxylic acid groups (broad SMARTS) is 1. The fraction of sp³-hybridized carbons (Fsp3) is 0.667. The first-order valence-corrected chi connectivity index (χ1v) is 10.7. The van der Waals surface area contributed by atoms with Crippen molar-refractivity contribution in [3.63, 3.8) is 0 Å². The molecule has 1 saturated carbocycles. The molecule has 2 unspecified atom stereocenters. The van der Waals surface area contributed by atoms with Crippen LogP contribution in [0.2, 0.25) is 0 Å². The predicted octanol–water partition coefficient (Wildman–Crippen LogP) is 0.799. The highest BCUT2D eigenvalue weighted by Gasteiger charge is 2.55.